The zero-order valence-electron chi connectivity index (χ0n) is 11.0. The van der Waals surface area contributed by atoms with Crippen LogP contribution in [0.3, 0.4) is 0 Å². The molecule has 0 aliphatic carbocycles. The van der Waals surface area contributed by atoms with Crippen molar-refractivity contribution in [2.24, 2.45) is 11.7 Å². The summed E-state index contributed by atoms with van der Waals surface area (Å²) in [6.45, 7) is 4.52. The highest BCUT2D eigenvalue weighted by atomic mass is 79.9. The van der Waals surface area contributed by atoms with Crippen LogP contribution in [-0.2, 0) is 0 Å². The minimum atomic E-state index is 0.185. The second-order valence-electron chi connectivity index (χ2n) is 4.81. The van der Waals surface area contributed by atoms with Crippen LogP contribution < -0.4 is 5.73 Å². The second-order valence-corrected chi connectivity index (χ2v) is 5.73. The SMILES string of the molecule is CCCCC(CC)CC(N)c1ccc(Br)cc1. The fourth-order valence-corrected chi connectivity index (χ4v) is 2.45. The van der Waals surface area contributed by atoms with Gasteiger partial charge < -0.3 is 5.73 Å². The molecule has 0 saturated heterocycles. The Balaban J connectivity index is 2.51. The zero-order valence-corrected chi connectivity index (χ0v) is 12.5. The van der Waals surface area contributed by atoms with E-state index >= 15 is 0 Å². The molecule has 96 valence electrons. The van der Waals surface area contributed by atoms with E-state index in [0.717, 1.165) is 16.8 Å². The average Bonchev–Trinajstić information content (AvgIpc) is 2.35. The lowest BCUT2D eigenvalue weighted by Gasteiger charge is -2.20. The number of nitrogens with two attached hydrogens (primary N) is 1. The highest BCUT2D eigenvalue weighted by Crippen LogP contribution is 2.25. The molecule has 2 unspecified atom stereocenters. The molecular weight excluding hydrogens is 274 g/mol. The molecule has 0 aliphatic rings. The summed E-state index contributed by atoms with van der Waals surface area (Å²) in [5.41, 5.74) is 7.53. The van der Waals surface area contributed by atoms with Crippen molar-refractivity contribution in [3.05, 3.63) is 34.3 Å². The number of rotatable bonds is 7. The lowest BCUT2D eigenvalue weighted by atomic mass is 9.90. The van der Waals surface area contributed by atoms with Crippen LogP contribution in [0.15, 0.2) is 28.7 Å². The third-order valence-electron chi connectivity index (χ3n) is 3.43. The van der Waals surface area contributed by atoms with Gasteiger partial charge in [-0.3, -0.25) is 0 Å². The smallest absolute Gasteiger partial charge is 0.0297 e. The number of hydrogen-bond acceptors (Lipinski definition) is 1. The molecule has 1 nitrogen and oxygen atoms in total. The van der Waals surface area contributed by atoms with E-state index in [2.05, 4.69) is 54.0 Å². The van der Waals surface area contributed by atoms with Gasteiger partial charge >= 0.3 is 0 Å². The van der Waals surface area contributed by atoms with E-state index in [1.165, 1.54) is 31.2 Å². The van der Waals surface area contributed by atoms with Crippen LogP contribution in [0.4, 0.5) is 0 Å². The molecule has 0 aliphatic heterocycles. The van der Waals surface area contributed by atoms with Crippen LogP contribution in [0.25, 0.3) is 0 Å². The number of hydrogen-bond donors (Lipinski definition) is 1. The first-order valence-electron chi connectivity index (χ1n) is 6.68. The summed E-state index contributed by atoms with van der Waals surface area (Å²) in [5, 5.41) is 0. The summed E-state index contributed by atoms with van der Waals surface area (Å²) < 4.78 is 1.12. The molecule has 0 spiro atoms. The van der Waals surface area contributed by atoms with E-state index < -0.39 is 0 Å². The molecule has 0 aromatic heterocycles. The minimum Gasteiger partial charge on any atom is -0.324 e. The maximum atomic E-state index is 6.28. The van der Waals surface area contributed by atoms with Crippen molar-refractivity contribution in [1.82, 2.24) is 0 Å². The van der Waals surface area contributed by atoms with E-state index in [-0.39, 0.29) is 6.04 Å². The molecule has 2 heteroatoms. The normalized spacial score (nSPS) is 14.6. The van der Waals surface area contributed by atoms with Crippen LogP contribution in [-0.4, -0.2) is 0 Å². The van der Waals surface area contributed by atoms with Gasteiger partial charge in [0, 0.05) is 10.5 Å². The molecule has 1 aromatic carbocycles. The van der Waals surface area contributed by atoms with Gasteiger partial charge in [-0.15, -0.1) is 0 Å². The first-order chi connectivity index (χ1) is 8.17. The third kappa shape index (κ3) is 5.22. The Labute approximate surface area is 114 Å². The van der Waals surface area contributed by atoms with Crippen molar-refractivity contribution in [2.75, 3.05) is 0 Å². The lowest BCUT2D eigenvalue weighted by Crippen LogP contribution is -2.15. The molecule has 1 rings (SSSR count). The Morgan fingerprint density at radius 3 is 2.35 bits per heavy atom. The molecule has 17 heavy (non-hydrogen) atoms. The zero-order chi connectivity index (χ0) is 12.7. The van der Waals surface area contributed by atoms with Gasteiger partial charge in [-0.05, 0) is 30.0 Å². The summed E-state index contributed by atoms with van der Waals surface area (Å²) in [6, 6.07) is 8.58. The standard InChI is InChI=1S/C15H24BrN/c1-3-5-6-12(4-2)11-15(17)13-7-9-14(16)10-8-13/h7-10,12,15H,3-6,11,17H2,1-2H3. The predicted molar refractivity (Wildman–Crippen MR) is 79.0 cm³/mol. The van der Waals surface area contributed by atoms with Gasteiger partial charge in [0.15, 0.2) is 0 Å². The van der Waals surface area contributed by atoms with Gasteiger partial charge in [0.05, 0.1) is 0 Å². The highest BCUT2D eigenvalue weighted by Gasteiger charge is 2.13. The topological polar surface area (TPSA) is 26.0 Å². The Morgan fingerprint density at radius 2 is 1.82 bits per heavy atom. The summed E-state index contributed by atoms with van der Waals surface area (Å²) in [7, 11) is 0. The number of benzene rings is 1. The predicted octanol–water partition coefficient (Wildman–Crippen LogP) is 5.06. The van der Waals surface area contributed by atoms with E-state index in [4.69, 9.17) is 5.73 Å². The van der Waals surface area contributed by atoms with Gasteiger partial charge in [0.2, 0.25) is 0 Å². The first-order valence-corrected chi connectivity index (χ1v) is 7.47. The quantitative estimate of drug-likeness (QED) is 0.748. The minimum absolute atomic E-state index is 0.185. The van der Waals surface area contributed by atoms with Gasteiger partial charge in [-0.1, -0.05) is 67.6 Å². The van der Waals surface area contributed by atoms with E-state index in [9.17, 15) is 0 Å². The lowest BCUT2D eigenvalue weighted by molar-refractivity contribution is 0.388. The molecule has 0 fully saturated rings. The Bertz CT molecular complexity index is 307. The molecule has 2 atom stereocenters. The van der Waals surface area contributed by atoms with Crippen molar-refractivity contribution < 1.29 is 0 Å². The molecule has 0 amide bonds. The van der Waals surface area contributed by atoms with E-state index in [1.54, 1.807) is 0 Å². The Morgan fingerprint density at radius 1 is 1.18 bits per heavy atom. The fraction of sp³-hybridized carbons (Fsp3) is 0.600. The second kappa shape index (κ2) is 7.88. The van der Waals surface area contributed by atoms with E-state index in [0.29, 0.717) is 0 Å². The largest absolute Gasteiger partial charge is 0.324 e. The molecule has 0 radical (unpaired) electrons. The van der Waals surface area contributed by atoms with Crippen LogP contribution in [0, 0.1) is 5.92 Å². The fourth-order valence-electron chi connectivity index (χ4n) is 2.19. The molecule has 0 bridgehead atoms. The van der Waals surface area contributed by atoms with Crippen molar-refractivity contribution in [1.29, 1.82) is 0 Å². The molecular formula is C15H24BrN. The maximum absolute atomic E-state index is 6.28. The molecule has 2 N–H and O–H groups in total. The highest BCUT2D eigenvalue weighted by molar-refractivity contribution is 9.10. The summed E-state index contributed by atoms with van der Waals surface area (Å²) in [5.74, 6) is 0.772. The summed E-state index contributed by atoms with van der Waals surface area (Å²) >= 11 is 3.45. The molecule has 0 heterocycles. The molecule has 0 saturated carbocycles. The van der Waals surface area contributed by atoms with Crippen molar-refractivity contribution >= 4 is 15.9 Å². The Kier molecular flexibility index (Phi) is 6.83. The van der Waals surface area contributed by atoms with Gasteiger partial charge in [-0.2, -0.15) is 0 Å². The van der Waals surface area contributed by atoms with Crippen LogP contribution in [0.2, 0.25) is 0 Å². The van der Waals surface area contributed by atoms with Crippen molar-refractivity contribution in [2.45, 2.75) is 52.0 Å². The average molecular weight is 298 g/mol. The summed E-state index contributed by atoms with van der Waals surface area (Å²) in [6.07, 6.45) is 6.27. The van der Waals surface area contributed by atoms with Crippen molar-refractivity contribution in [3.8, 4) is 0 Å². The summed E-state index contributed by atoms with van der Waals surface area (Å²) in [4.78, 5) is 0. The monoisotopic (exact) mass is 297 g/mol. The molecule has 1 aromatic rings. The number of halogens is 1. The number of unbranched alkanes of at least 4 members (excludes halogenated alkanes) is 1. The Hall–Kier alpha value is -0.340. The third-order valence-corrected chi connectivity index (χ3v) is 3.96. The van der Waals surface area contributed by atoms with E-state index in [1.807, 2.05) is 0 Å². The van der Waals surface area contributed by atoms with Crippen LogP contribution >= 0.6 is 15.9 Å². The maximum Gasteiger partial charge on any atom is 0.0297 e. The first kappa shape index (κ1) is 14.7. The van der Waals surface area contributed by atoms with Gasteiger partial charge in [-0.25, -0.2) is 0 Å². The van der Waals surface area contributed by atoms with Crippen LogP contribution in [0.5, 0.6) is 0 Å². The van der Waals surface area contributed by atoms with Crippen LogP contribution in [0.1, 0.15) is 57.6 Å². The van der Waals surface area contributed by atoms with Gasteiger partial charge in [0.1, 0.15) is 0 Å². The van der Waals surface area contributed by atoms with Gasteiger partial charge in [0.25, 0.3) is 0 Å². The van der Waals surface area contributed by atoms with Crippen molar-refractivity contribution in [3.63, 3.8) is 0 Å².